The second-order valence-corrected chi connectivity index (χ2v) is 6.22. The molecule has 0 N–H and O–H groups in total. The molecule has 0 aromatic carbocycles. The Labute approximate surface area is 115 Å². The summed E-state index contributed by atoms with van der Waals surface area (Å²) in [5, 5.41) is 0. The van der Waals surface area contributed by atoms with Crippen molar-refractivity contribution in [3.8, 4) is 0 Å². The third-order valence-corrected chi connectivity index (χ3v) is 3.71. The monoisotopic (exact) mass is 251 g/mol. The van der Waals surface area contributed by atoms with Gasteiger partial charge in [0.15, 0.2) is 0 Å². The zero-order valence-electron chi connectivity index (χ0n) is 13.6. The van der Waals surface area contributed by atoms with E-state index in [2.05, 4.69) is 66.1 Å². The van der Waals surface area contributed by atoms with Crippen LogP contribution in [-0.2, 0) is 0 Å². The van der Waals surface area contributed by atoms with Crippen LogP contribution in [-0.4, -0.2) is 24.0 Å². The fourth-order valence-corrected chi connectivity index (χ4v) is 2.10. The summed E-state index contributed by atoms with van der Waals surface area (Å²) in [6.45, 7) is 17.7. The van der Waals surface area contributed by atoms with Crippen LogP contribution in [0, 0.1) is 5.92 Å². The van der Waals surface area contributed by atoms with Gasteiger partial charge in [-0.05, 0) is 59.9 Å². The van der Waals surface area contributed by atoms with Gasteiger partial charge in [0.1, 0.15) is 0 Å². The first kappa shape index (κ1) is 17.4. The maximum atomic E-state index is 4.31. The second kappa shape index (κ2) is 8.53. The lowest BCUT2D eigenvalue weighted by molar-refractivity contribution is 0.201. The maximum Gasteiger partial charge on any atom is 0.0307 e. The molecule has 0 rings (SSSR count). The Balaban J connectivity index is 4.49. The van der Waals surface area contributed by atoms with Crippen LogP contribution in [0.4, 0.5) is 0 Å². The van der Waals surface area contributed by atoms with Gasteiger partial charge in [0.05, 0.1) is 0 Å². The Bertz CT molecular complexity index is 269. The average Bonchev–Trinajstić information content (AvgIpc) is 2.26. The smallest absolute Gasteiger partial charge is 0.0307 e. The van der Waals surface area contributed by atoms with Crippen LogP contribution >= 0.6 is 0 Å². The van der Waals surface area contributed by atoms with Gasteiger partial charge < -0.3 is 0 Å². The van der Waals surface area contributed by atoms with Crippen molar-refractivity contribution in [2.24, 2.45) is 5.92 Å². The molecule has 0 amide bonds. The van der Waals surface area contributed by atoms with Crippen molar-refractivity contribution in [3.05, 3.63) is 23.8 Å². The fourth-order valence-electron chi connectivity index (χ4n) is 2.10. The molecule has 0 aliphatic heterocycles. The Morgan fingerprint density at radius 1 is 1.17 bits per heavy atom. The molecule has 0 radical (unpaired) electrons. The SMILES string of the molecule is C=C(C(C)C)C(CCCC=C(C)C)N(C)C(C)C. The topological polar surface area (TPSA) is 3.24 Å². The molecule has 0 aliphatic carbocycles. The van der Waals surface area contributed by atoms with Gasteiger partial charge in [-0.1, -0.05) is 37.6 Å². The molecule has 1 atom stereocenters. The molecule has 0 saturated carbocycles. The highest BCUT2D eigenvalue weighted by Gasteiger charge is 2.21. The van der Waals surface area contributed by atoms with E-state index < -0.39 is 0 Å². The number of rotatable bonds is 8. The number of nitrogens with zero attached hydrogens (tertiary/aromatic N) is 1. The zero-order chi connectivity index (χ0) is 14.3. The summed E-state index contributed by atoms with van der Waals surface area (Å²) in [6.07, 6.45) is 5.99. The fraction of sp³-hybridized carbons (Fsp3) is 0.765. The first-order valence-electron chi connectivity index (χ1n) is 7.31. The van der Waals surface area contributed by atoms with E-state index in [4.69, 9.17) is 0 Å². The first-order valence-corrected chi connectivity index (χ1v) is 7.31. The third-order valence-electron chi connectivity index (χ3n) is 3.71. The van der Waals surface area contributed by atoms with E-state index >= 15 is 0 Å². The maximum absolute atomic E-state index is 4.31. The molecular weight excluding hydrogens is 218 g/mol. The predicted molar refractivity (Wildman–Crippen MR) is 83.9 cm³/mol. The lowest BCUT2D eigenvalue weighted by atomic mass is 9.92. The molecule has 0 aliphatic rings. The molecule has 18 heavy (non-hydrogen) atoms. The predicted octanol–water partition coefficient (Wildman–Crippen LogP) is 5.04. The molecule has 1 heteroatoms. The number of unbranched alkanes of at least 4 members (excludes halogenated alkanes) is 1. The van der Waals surface area contributed by atoms with Gasteiger partial charge in [-0.25, -0.2) is 0 Å². The molecule has 0 fully saturated rings. The third kappa shape index (κ3) is 6.39. The standard InChI is InChI=1S/C17H33N/c1-13(2)11-9-10-12-17(16(7)14(3)4)18(8)15(5)6/h11,14-15,17H,7,9-10,12H2,1-6,8H3. The van der Waals surface area contributed by atoms with Gasteiger partial charge in [-0.2, -0.15) is 0 Å². The Morgan fingerprint density at radius 2 is 1.72 bits per heavy atom. The van der Waals surface area contributed by atoms with Crippen LogP contribution in [0.1, 0.15) is 60.8 Å². The highest BCUT2D eigenvalue weighted by Crippen LogP contribution is 2.23. The van der Waals surface area contributed by atoms with Crippen LogP contribution in [0.2, 0.25) is 0 Å². The summed E-state index contributed by atoms with van der Waals surface area (Å²) >= 11 is 0. The molecule has 0 saturated heterocycles. The van der Waals surface area contributed by atoms with Gasteiger partial charge in [0.25, 0.3) is 0 Å². The van der Waals surface area contributed by atoms with E-state index in [9.17, 15) is 0 Å². The van der Waals surface area contributed by atoms with E-state index in [1.165, 1.54) is 30.4 Å². The first-order chi connectivity index (χ1) is 8.27. The van der Waals surface area contributed by atoms with Crippen molar-refractivity contribution in [3.63, 3.8) is 0 Å². The molecule has 1 unspecified atom stereocenters. The van der Waals surface area contributed by atoms with Crippen LogP contribution in [0.5, 0.6) is 0 Å². The molecule has 0 aromatic rings. The molecule has 0 heterocycles. The van der Waals surface area contributed by atoms with Crippen molar-refractivity contribution >= 4 is 0 Å². The molecule has 106 valence electrons. The van der Waals surface area contributed by atoms with E-state index in [1.54, 1.807) is 0 Å². The lowest BCUT2D eigenvalue weighted by Crippen LogP contribution is -2.39. The van der Waals surface area contributed by atoms with Crippen molar-refractivity contribution in [2.75, 3.05) is 7.05 Å². The number of allylic oxidation sites excluding steroid dienone is 2. The Kier molecular flexibility index (Phi) is 8.26. The van der Waals surface area contributed by atoms with Crippen LogP contribution in [0.15, 0.2) is 23.8 Å². The van der Waals surface area contributed by atoms with Gasteiger partial charge in [0, 0.05) is 12.1 Å². The largest absolute Gasteiger partial charge is 0.297 e. The Hall–Kier alpha value is -0.560. The summed E-state index contributed by atoms with van der Waals surface area (Å²) in [4.78, 5) is 2.46. The zero-order valence-corrected chi connectivity index (χ0v) is 13.6. The second-order valence-electron chi connectivity index (χ2n) is 6.22. The van der Waals surface area contributed by atoms with Gasteiger partial charge in [-0.15, -0.1) is 0 Å². The van der Waals surface area contributed by atoms with Gasteiger partial charge in [-0.3, -0.25) is 4.90 Å². The summed E-state index contributed by atoms with van der Waals surface area (Å²) in [5.41, 5.74) is 2.80. The quantitative estimate of drug-likeness (QED) is 0.431. The highest BCUT2D eigenvalue weighted by atomic mass is 15.1. The molecule has 0 bridgehead atoms. The van der Waals surface area contributed by atoms with Crippen LogP contribution < -0.4 is 0 Å². The molecular formula is C17H33N. The van der Waals surface area contributed by atoms with Crippen molar-refractivity contribution in [2.45, 2.75) is 72.9 Å². The average molecular weight is 251 g/mol. The van der Waals surface area contributed by atoms with E-state index in [0.717, 1.165) is 0 Å². The van der Waals surface area contributed by atoms with Crippen molar-refractivity contribution in [1.29, 1.82) is 0 Å². The van der Waals surface area contributed by atoms with Crippen molar-refractivity contribution in [1.82, 2.24) is 4.90 Å². The Morgan fingerprint density at radius 3 is 2.11 bits per heavy atom. The highest BCUT2D eigenvalue weighted by molar-refractivity contribution is 5.09. The van der Waals surface area contributed by atoms with E-state index in [1.807, 2.05) is 0 Å². The summed E-state index contributed by atoms with van der Waals surface area (Å²) < 4.78 is 0. The number of likely N-dealkylation sites (N-methyl/N-ethyl adjacent to an activating group) is 1. The minimum absolute atomic E-state index is 0.524. The minimum Gasteiger partial charge on any atom is -0.297 e. The number of hydrogen-bond acceptors (Lipinski definition) is 1. The van der Waals surface area contributed by atoms with E-state index in [0.29, 0.717) is 18.0 Å². The summed E-state index contributed by atoms with van der Waals surface area (Å²) in [6, 6.07) is 1.10. The number of hydrogen-bond donors (Lipinski definition) is 0. The van der Waals surface area contributed by atoms with Gasteiger partial charge >= 0.3 is 0 Å². The molecule has 0 aromatic heterocycles. The lowest BCUT2D eigenvalue weighted by Gasteiger charge is -2.34. The van der Waals surface area contributed by atoms with Crippen molar-refractivity contribution < 1.29 is 0 Å². The molecule has 1 nitrogen and oxygen atoms in total. The van der Waals surface area contributed by atoms with Crippen LogP contribution in [0.25, 0.3) is 0 Å². The van der Waals surface area contributed by atoms with E-state index in [-0.39, 0.29) is 0 Å². The normalized spacial score (nSPS) is 13.2. The minimum atomic E-state index is 0.524. The molecule has 0 spiro atoms. The van der Waals surface area contributed by atoms with Gasteiger partial charge in [0.2, 0.25) is 0 Å². The van der Waals surface area contributed by atoms with Crippen LogP contribution in [0.3, 0.4) is 0 Å². The summed E-state index contributed by atoms with van der Waals surface area (Å²) in [7, 11) is 2.23. The summed E-state index contributed by atoms with van der Waals surface area (Å²) in [5.74, 6) is 0.569.